The van der Waals surface area contributed by atoms with Crippen molar-refractivity contribution in [2.24, 2.45) is 7.05 Å². The zero-order chi connectivity index (χ0) is 23.3. The smallest absolute Gasteiger partial charge is 0.240 e. The summed E-state index contributed by atoms with van der Waals surface area (Å²) in [6.45, 7) is 1.44. The fraction of sp³-hybridized carbons (Fsp3) is 0.375. The lowest BCUT2D eigenvalue weighted by atomic mass is 10.1. The summed E-state index contributed by atoms with van der Waals surface area (Å²) in [5.74, 6) is 0.872. The van der Waals surface area contributed by atoms with Crippen LogP contribution < -0.4 is 9.62 Å². The first-order valence-corrected chi connectivity index (χ1v) is 13.2. The van der Waals surface area contributed by atoms with E-state index in [1.165, 1.54) is 11.1 Å². The molecule has 0 radical (unpaired) electrons. The van der Waals surface area contributed by atoms with Crippen LogP contribution in [0.3, 0.4) is 0 Å². The van der Waals surface area contributed by atoms with E-state index < -0.39 is 10.0 Å². The van der Waals surface area contributed by atoms with Gasteiger partial charge in [-0.3, -0.25) is 4.68 Å². The van der Waals surface area contributed by atoms with Gasteiger partial charge in [-0.2, -0.15) is 5.10 Å². The lowest BCUT2D eigenvalue weighted by molar-refractivity contribution is 0.459. The molecule has 0 amide bonds. The van der Waals surface area contributed by atoms with Gasteiger partial charge in [-0.25, -0.2) is 23.1 Å². The fourth-order valence-electron chi connectivity index (χ4n) is 5.11. The SMILES string of the molecule is Cn1cc(-c2cc3c(N4CCC(NS(=O)(=O)c5ccc6c(c5)CCC6)CC4)ncnc3[nH]2)cn1. The quantitative estimate of drug-likeness (QED) is 0.458. The molecule has 1 fully saturated rings. The van der Waals surface area contributed by atoms with E-state index in [-0.39, 0.29) is 6.04 Å². The lowest BCUT2D eigenvalue weighted by Gasteiger charge is -2.33. The number of aromatic amines is 1. The summed E-state index contributed by atoms with van der Waals surface area (Å²) in [7, 11) is -1.64. The number of H-pyrrole nitrogens is 1. The summed E-state index contributed by atoms with van der Waals surface area (Å²) in [6, 6.07) is 7.53. The molecule has 4 heterocycles. The van der Waals surface area contributed by atoms with Crippen molar-refractivity contribution < 1.29 is 8.42 Å². The maximum absolute atomic E-state index is 13.0. The summed E-state index contributed by atoms with van der Waals surface area (Å²) in [5, 5.41) is 5.20. The number of hydrogen-bond donors (Lipinski definition) is 2. The van der Waals surface area contributed by atoms with Gasteiger partial charge in [0.25, 0.3) is 0 Å². The number of fused-ring (bicyclic) bond motifs is 2. The van der Waals surface area contributed by atoms with Gasteiger partial charge in [-0.05, 0) is 61.4 Å². The van der Waals surface area contributed by atoms with Crippen molar-refractivity contribution in [1.29, 1.82) is 0 Å². The van der Waals surface area contributed by atoms with Gasteiger partial charge < -0.3 is 9.88 Å². The normalized spacial score (nSPS) is 16.9. The van der Waals surface area contributed by atoms with E-state index in [0.29, 0.717) is 4.90 Å². The van der Waals surface area contributed by atoms with Crippen LogP contribution in [-0.2, 0) is 29.9 Å². The molecule has 176 valence electrons. The van der Waals surface area contributed by atoms with E-state index in [9.17, 15) is 8.42 Å². The van der Waals surface area contributed by atoms with E-state index in [0.717, 1.165) is 73.3 Å². The highest BCUT2D eigenvalue weighted by atomic mass is 32.2. The molecule has 1 aromatic carbocycles. The number of nitrogens with one attached hydrogen (secondary N) is 2. The lowest BCUT2D eigenvalue weighted by Crippen LogP contribution is -2.44. The molecule has 2 N–H and O–H groups in total. The molecule has 0 atom stereocenters. The minimum Gasteiger partial charge on any atom is -0.356 e. The highest BCUT2D eigenvalue weighted by molar-refractivity contribution is 7.89. The Kier molecular flexibility index (Phi) is 5.14. The topological polar surface area (TPSA) is 109 Å². The summed E-state index contributed by atoms with van der Waals surface area (Å²) in [4.78, 5) is 14.9. The third-order valence-corrected chi connectivity index (χ3v) is 8.44. The molecule has 0 bridgehead atoms. The fourth-order valence-corrected chi connectivity index (χ4v) is 6.46. The second kappa shape index (κ2) is 8.21. The first-order valence-electron chi connectivity index (χ1n) is 11.7. The van der Waals surface area contributed by atoms with Gasteiger partial charge in [0.1, 0.15) is 17.8 Å². The van der Waals surface area contributed by atoms with Crippen LogP contribution in [0.2, 0.25) is 0 Å². The predicted molar refractivity (Wildman–Crippen MR) is 130 cm³/mol. The van der Waals surface area contributed by atoms with Gasteiger partial charge in [0.2, 0.25) is 10.0 Å². The Morgan fingerprint density at radius 1 is 1.09 bits per heavy atom. The summed E-state index contributed by atoms with van der Waals surface area (Å²) >= 11 is 0. The van der Waals surface area contributed by atoms with Gasteiger partial charge in [0.05, 0.1) is 22.2 Å². The number of aryl methyl sites for hydroxylation is 3. The number of anilines is 1. The van der Waals surface area contributed by atoms with Crippen LogP contribution in [0, 0.1) is 0 Å². The number of sulfonamides is 1. The van der Waals surface area contributed by atoms with Crippen molar-refractivity contribution in [3.63, 3.8) is 0 Å². The van der Waals surface area contributed by atoms with Crippen LogP contribution in [0.5, 0.6) is 0 Å². The molecule has 6 rings (SSSR count). The van der Waals surface area contributed by atoms with Gasteiger partial charge in [-0.1, -0.05) is 6.07 Å². The van der Waals surface area contributed by atoms with E-state index in [1.54, 1.807) is 17.1 Å². The van der Waals surface area contributed by atoms with Gasteiger partial charge >= 0.3 is 0 Å². The number of hydrogen-bond acceptors (Lipinski definition) is 6. The molecule has 1 saturated heterocycles. The maximum atomic E-state index is 13.0. The van der Waals surface area contributed by atoms with Crippen LogP contribution >= 0.6 is 0 Å². The van der Waals surface area contributed by atoms with Gasteiger partial charge in [0.15, 0.2) is 0 Å². The highest BCUT2D eigenvalue weighted by Gasteiger charge is 2.27. The first-order chi connectivity index (χ1) is 16.5. The molecule has 1 aliphatic heterocycles. The molecule has 0 unspecified atom stereocenters. The molecule has 1 aliphatic carbocycles. The van der Waals surface area contributed by atoms with E-state index >= 15 is 0 Å². The Morgan fingerprint density at radius 3 is 2.71 bits per heavy atom. The standard InChI is InChI=1S/C24H27N7O2S/c1-30-14-18(13-27-30)22-12-21-23(28-22)25-15-26-24(21)31-9-7-19(8-10-31)29-34(32,33)20-6-5-16-3-2-4-17(16)11-20/h5-6,11-15,19,29H,2-4,7-10H2,1H3,(H,25,26,28). The highest BCUT2D eigenvalue weighted by Crippen LogP contribution is 2.30. The Morgan fingerprint density at radius 2 is 1.91 bits per heavy atom. The molecular weight excluding hydrogens is 450 g/mol. The number of nitrogens with zero attached hydrogens (tertiary/aromatic N) is 5. The monoisotopic (exact) mass is 477 g/mol. The zero-order valence-corrected chi connectivity index (χ0v) is 19.8. The number of piperidine rings is 1. The average Bonchev–Trinajstić information content (AvgIpc) is 3.57. The largest absolute Gasteiger partial charge is 0.356 e. The van der Waals surface area contributed by atoms with Crippen molar-refractivity contribution in [3.05, 3.63) is 54.1 Å². The van der Waals surface area contributed by atoms with Crippen molar-refractivity contribution in [2.75, 3.05) is 18.0 Å². The molecule has 3 aromatic heterocycles. The van der Waals surface area contributed by atoms with E-state index in [1.807, 2.05) is 31.6 Å². The molecule has 10 heteroatoms. The summed E-state index contributed by atoms with van der Waals surface area (Å²) < 4.78 is 30.7. The number of rotatable bonds is 5. The third kappa shape index (κ3) is 3.86. The average molecular weight is 478 g/mol. The van der Waals surface area contributed by atoms with Crippen LogP contribution in [0.25, 0.3) is 22.3 Å². The van der Waals surface area contributed by atoms with Crippen LogP contribution in [0.1, 0.15) is 30.4 Å². The van der Waals surface area contributed by atoms with Crippen molar-refractivity contribution in [1.82, 2.24) is 29.5 Å². The Balaban J connectivity index is 1.17. The van der Waals surface area contributed by atoms with Crippen molar-refractivity contribution in [2.45, 2.75) is 43.0 Å². The van der Waals surface area contributed by atoms with Gasteiger partial charge in [0, 0.05) is 37.9 Å². The molecule has 2 aliphatic rings. The first kappa shape index (κ1) is 21.3. The van der Waals surface area contributed by atoms with Crippen molar-refractivity contribution >= 4 is 26.9 Å². The summed E-state index contributed by atoms with van der Waals surface area (Å²) in [6.07, 6.45) is 9.89. The number of aromatic nitrogens is 5. The molecule has 34 heavy (non-hydrogen) atoms. The minimum absolute atomic E-state index is 0.0935. The Bertz CT molecular complexity index is 1470. The van der Waals surface area contributed by atoms with Crippen molar-refractivity contribution in [3.8, 4) is 11.3 Å². The third-order valence-electron chi connectivity index (χ3n) is 6.92. The zero-order valence-electron chi connectivity index (χ0n) is 19.0. The van der Waals surface area contributed by atoms with E-state index in [2.05, 4.69) is 35.7 Å². The van der Waals surface area contributed by atoms with Crippen LogP contribution in [0.4, 0.5) is 5.82 Å². The molecule has 0 saturated carbocycles. The maximum Gasteiger partial charge on any atom is 0.240 e. The molecule has 4 aromatic rings. The number of benzene rings is 1. The van der Waals surface area contributed by atoms with Crippen LogP contribution in [-0.4, -0.2) is 52.3 Å². The minimum atomic E-state index is -3.53. The molecule has 9 nitrogen and oxygen atoms in total. The summed E-state index contributed by atoms with van der Waals surface area (Å²) in [5.41, 5.74) is 5.17. The molecule has 0 spiro atoms. The Labute approximate surface area is 198 Å². The Hall–Kier alpha value is -3.24. The van der Waals surface area contributed by atoms with Crippen LogP contribution in [0.15, 0.2) is 47.9 Å². The second-order valence-electron chi connectivity index (χ2n) is 9.21. The molecular formula is C24H27N7O2S. The second-order valence-corrected chi connectivity index (χ2v) is 10.9. The van der Waals surface area contributed by atoms with Gasteiger partial charge in [-0.15, -0.1) is 0 Å². The van der Waals surface area contributed by atoms with E-state index in [4.69, 9.17) is 0 Å². The predicted octanol–water partition coefficient (Wildman–Crippen LogP) is 2.79.